The number of nitrogens with zero attached hydrogens (tertiary/aromatic N) is 2. The third kappa shape index (κ3) is 4.76. The predicted molar refractivity (Wildman–Crippen MR) is 78.0 cm³/mol. The maximum atomic E-state index is 12.2. The Kier molecular flexibility index (Phi) is 5.69. The van der Waals surface area contributed by atoms with Gasteiger partial charge >= 0.3 is 0 Å². The van der Waals surface area contributed by atoms with Gasteiger partial charge in [-0.05, 0) is 11.6 Å². The first-order valence-electron chi connectivity index (χ1n) is 5.23. The molecule has 0 unspecified atom stereocenters. The summed E-state index contributed by atoms with van der Waals surface area (Å²) in [6, 6.07) is 8.40. The van der Waals surface area contributed by atoms with Gasteiger partial charge in [-0.15, -0.1) is 0 Å². The fraction of sp³-hybridized carbons (Fsp3) is 0.273. The maximum Gasteiger partial charge on any atom is 0.219 e. The van der Waals surface area contributed by atoms with Gasteiger partial charge in [0, 0.05) is 5.02 Å². The molecule has 102 valence electrons. The highest BCUT2D eigenvalue weighted by atomic mass is 35.5. The average Bonchev–Trinajstić information content (AvgIpc) is 2.31. The van der Waals surface area contributed by atoms with Crippen LogP contribution in [0.15, 0.2) is 24.3 Å². The Labute approximate surface area is 122 Å². The molecule has 0 bridgehead atoms. The molecule has 19 heavy (non-hydrogen) atoms. The van der Waals surface area contributed by atoms with Crippen molar-refractivity contribution in [3.8, 4) is 6.07 Å². The largest absolute Gasteiger partial charge is 0.392 e. The molecule has 1 rings (SSSR count). The number of benzene rings is 1. The van der Waals surface area contributed by atoms with Crippen molar-refractivity contribution in [3.63, 3.8) is 0 Å². The minimum absolute atomic E-state index is 0.0120. The zero-order valence-corrected chi connectivity index (χ0v) is 12.3. The third-order valence-electron chi connectivity index (χ3n) is 2.27. The number of halogens is 1. The lowest BCUT2D eigenvalue weighted by Crippen LogP contribution is -2.38. The molecule has 0 fully saturated rings. The average molecular weight is 318 g/mol. The van der Waals surface area contributed by atoms with E-state index < -0.39 is 10.0 Å². The summed E-state index contributed by atoms with van der Waals surface area (Å²) in [7, 11) is -3.70. The van der Waals surface area contributed by atoms with Crippen molar-refractivity contribution in [2.75, 3.05) is 13.1 Å². The molecule has 0 aliphatic heterocycles. The van der Waals surface area contributed by atoms with Crippen molar-refractivity contribution < 1.29 is 8.42 Å². The van der Waals surface area contributed by atoms with E-state index in [9.17, 15) is 8.42 Å². The molecule has 2 N–H and O–H groups in total. The summed E-state index contributed by atoms with van der Waals surface area (Å²) in [4.78, 5) is 0.0120. The molecule has 5 nitrogen and oxygen atoms in total. The molecule has 8 heteroatoms. The van der Waals surface area contributed by atoms with Crippen LogP contribution in [0, 0.1) is 11.3 Å². The summed E-state index contributed by atoms with van der Waals surface area (Å²) < 4.78 is 25.3. The molecule has 0 spiro atoms. The van der Waals surface area contributed by atoms with Crippen molar-refractivity contribution >= 4 is 38.8 Å². The lowest BCUT2D eigenvalue weighted by atomic mass is 10.2. The molecular weight excluding hydrogens is 306 g/mol. The molecule has 0 aliphatic carbocycles. The van der Waals surface area contributed by atoms with Crippen LogP contribution in [0.25, 0.3) is 0 Å². The number of rotatable bonds is 6. The number of hydrogen-bond donors (Lipinski definition) is 1. The van der Waals surface area contributed by atoms with E-state index in [1.54, 1.807) is 30.3 Å². The molecule has 0 radical (unpaired) electrons. The Morgan fingerprint density at radius 1 is 1.47 bits per heavy atom. The summed E-state index contributed by atoms with van der Waals surface area (Å²) in [6.45, 7) is -0.459. The normalized spacial score (nSPS) is 11.2. The Balaban J connectivity index is 2.99. The van der Waals surface area contributed by atoms with E-state index in [-0.39, 0.29) is 23.8 Å². The van der Waals surface area contributed by atoms with E-state index in [1.807, 2.05) is 0 Å². The number of nitrogens with two attached hydrogens (primary N) is 1. The van der Waals surface area contributed by atoms with Gasteiger partial charge in [-0.1, -0.05) is 42.0 Å². The zero-order valence-electron chi connectivity index (χ0n) is 9.91. The minimum atomic E-state index is -3.70. The third-order valence-corrected chi connectivity index (χ3v) is 4.49. The molecule has 0 atom stereocenters. The van der Waals surface area contributed by atoms with Crippen molar-refractivity contribution in [2.45, 2.75) is 5.75 Å². The highest BCUT2D eigenvalue weighted by molar-refractivity contribution is 7.88. The van der Waals surface area contributed by atoms with Gasteiger partial charge in [-0.2, -0.15) is 9.57 Å². The van der Waals surface area contributed by atoms with Gasteiger partial charge < -0.3 is 5.73 Å². The summed E-state index contributed by atoms with van der Waals surface area (Å²) in [5, 5.41) is 9.03. The fourth-order valence-corrected chi connectivity index (χ4v) is 3.35. The summed E-state index contributed by atoms with van der Waals surface area (Å²) in [5.41, 5.74) is 5.80. The maximum absolute atomic E-state index is 12.2. The number of thiocarbonyl (C=S) groups is 1. The van der Waals surface area contributed by atoms with E-state index >= 15 is 0 Å². The second-order valence-corrected chi connectivity index (χ2v) is 6.64. The van der Waals surface area contributed by atoms with E-state index in [4.69, 9.17) is 22.6 Å². The van der Waals surface area contributed by atoms with Crippen molar-refractivity contribution in [2.24, 2.45) is 5.73 Å². The number of sulfonamides is 1. The van der Waals surface area contributed by atoms with Gasteiger partial charge in [0.15, 0.2) is 0 Å². The zero-order chi connectivity index (χ0) is 14.5. The van der Waals surface area contributed by atoms with Crippen LogP contribution < -0.4 is 5.73 Å². The Morgan fingerprint density at radius 2 is 2.11 bits per heavy atom. The lowest BCUT2D eigenvalue weighted by Gasteiger charge is -2.18. The number of nitriles is 1. The molecular formula is C11H12ClN3O2S2. The standard InChI is InChI=1S/C11H12ClN3O2S2/c12-10-4-2-1-3-9(10)8-19(16,17)15(6-5-13)7-11(14)18/h1-4H,6-8H2,(H2,14,18). The van der Waals surface area contributed by atoms with E-state index in [1.165, 1.54) is 0 Å². The first-order chi connectivity index (χ1) is 8.86. The van der Waals surface area contributed by atoms with Gasteiger partial charge in [-0.25, -0.2) is 8.42 Å². The van der Waals surface area contributed by atoms with Crippen LogP contribution in [-0.2, 0) is 15.8 Å². The van der Waals surface area contributed by atoms with Crippen LogP contribution in [0.2, 0.25) is 5.02 Å². The van der Waals surface area contributed by atoms with E-state index in [0.29, 0.717) is 10.6 Å². The molecule has 0 aliphatic rings. The first-order valence-corrected chi connectivity index (χ1v) is 7.63. The predicted octanol–water partition coefficient (Wildman–Crippen LogP) is 1.28. The monoisotopic (exact) mass is 317 g/mol. The molecule has 1 aromatic carbocycles. The molecule has 0 saturated carbocycles. The Morgan fingerprint density at radius 3 is 2.63 bits per heavy atom. The topological polar surface area (TPSA) is 87.2 Å². The van der Waals surface area contributed by atoms with Crippen molar-refractivity contribution in [1.29, 1.82) is 5.26 Å². The quantitative estimate of drug-likeness (QED) is 0.631. The van der Waals surface area contributed by atoms with E-state index in [2.05, 4.69) is 12.2 Å². The Hall–Kier alpha value is -1.20. The molecule has 1 aromatic rings. The highest BCUT2D eigenvalue weighted by Gasteiger charge is 2.23. The van der Waals surface area contributed by atoms with Gasteiger partial charge in [0.1, 0.15) is 6.54 Å². The van der Waals surface area contributed by atoms with Gasteiger partial charge in [0.2, 0.25) is 10.0 Å². The van der Waals surface area contributed by atoms with Crippen LogP contribution in [0.5, 0.6) is 0 Å². The second-order valence-electron chi connectivity index (χ2n) is 3.74. The van der Waals surface area contributed by atoms with Crippen LogP contribution in [-0.4, -0.2) is 30.8 Å². The van der Waals surface area contributed by atoms with Gasteiger partial charge in [0.25, 0.3) is 0 Å². The highest BCUT2D eigenvalue weighted by Crippen LogP contribution is 2.19. The first kappa shape index (κ1) is 15.9. The van der Waals surface area contributed by atoms with E-state index in [0.717, 1.165) is 4.31 Å². The molecule has 0 heterocycles. The van der Waals surface area contributed by atoms with Crippen LogP contribution in [0.1, 0.15) is 5.56 Å². The molecule has 0 amide bonds. The van der Waals surface area contributed by atoms with Gasteiger partial charge in [-0.3, -0.25) is 0 Å². The smallest absolute Gasteiger partial charge is 0.219 e. The second kappa shape index (κ2) is 6.82. The van der Waals surface area contributed by atoms with Gasteiger partial charge in [0.05, 0.1) is 23.4 Å². The molecule has 0 aromatic heterocycles. The van der Waals surface area contributed by atoms with Crippen LogP contribution in [0.3, 0.4) is 0 Å². The number of hydrogen-bond acceptors (Lipinski definition) is 4. The summed E-state index contributed by atoms with van der Waals surface area (Å²) in [6.07, 6.45) is 0. The minimum Gasteiger partial charge on any atom is -0.392 e. The fourth-order valence-electron chi connectivity index (χ4n) is 1.41. The summed E-state index contributed by atoms with van der Waals surface area (Å²) >= 11 is 10.6. The van der Waals surface area contributed by atoms with Crippen molar-refractivity contribution in [1.82, 2.24) is 4.31 Å². The Bertz CT molecular complexity index is 611. The lowest BCUT2D eigenvalue weighted by molar-refractivity contribution is 0.483. The van der Waals surface area contributed by atoms with Crippen LogP contribution >= 0.6 is 23.8 Å². The SMILES string of the molecule is N#CCN(CC(N)=S)S(=O)(=O)Cc1ccccc1Cl. The molecule has 0 saturated heterocycles. The summed E-state index contributed by atoms with van der Waals surface area (Å²) in [5.74, 6) is -0.295. The van der Waals surface area contributed by atoms with Crippen molar-refractivity contribution in [3.05, 3.63) is 34.9 Å². The van der Waals surface area contributed by atoms with Crippen LogP contribution in [0.4, 0.5) is 0 Å².